The zero-order valence-electron chi connectivity index (χ0n) is 20.8. The maximum atomic E-state index is 13.1. The van der Waals surface area contributed by atoms with Crippen molar-refractivity contribution in [1.29, 1.82) is 0 Å². The smallest absolute Gasteiger partial charge is 0.420 e. The normalized spacial score (nSPS) is 14.3. The summed E-state index contributed by atoms with van der Waals surface area (Å²) in [5.41, 5.74) is 2.46. The van der Waals surface area contributed by atoms with Crippen LogP contribution in [0.3, 0.4) is 0 Å². The fourth-order valence-corrected chi connectivity index (χ4v) is 3.69. The van der Waals surface area contributed by atoms with Crippen LogP contribution in [0.4, 0.5) is 24.5 Å². The predicted octanol–water partition coefficient (Wildman–Crippen LogP) is 6.56. The molecule has 1 aliphatic rings. The van der Waals surface area contributed by atoms with Crippen LogP contribution >= 0.6 is 0 Å². The van der Waals surface area contributed by atoms with Gasteiger partial charge in [0.25, 0.3) is 0 Å². The van der Waals surface area contributed by atoms with E-state index in [0.717, 1.165) is 30.4 Å². The van der Waals surface area contributed by atoms with Crippen LogP contribution in [0, 0.1) is 6.92 Å². The van der Waals surface area contributed by atoms with Crippen LogP contribution in [0.15, 0.2) is 47.1 Å². The molecule has 9 heteroatoms. The van der Waals surface area contributed by atoms with Gasteiger partial charge in [-0.05, 0) is 62.7 Å². The maximum Gasteiger partial charge on any atom is 0.420 e. The molecule has 4 rings (SSSR count). The number of furan rings is 1. The minimum absolute atomic E-state index is 0.0908. The van der Waals surface area contributed by atoms with Gasteiger partial charge in [-0.2, -0.15) is 13.2 Å². The molecule has 0 atom stereocenters. The van der Waals surface area contributed by atoms with Gasteiger partial charge in [0, 0.05) is 31.2 Å². The molecule has 0 unspecified atom stereocenters. The number of carbonyl (C=O) groups is 1. The van der Waals surface area contributed by atoms with Gasteiger partial charge in [-0.1, -0.05) is 19.9 Å². The summed E-state index contributed by atoms with van der Waals surface area (Å²) in [6, 6.07) is 9.65. The van der Waals surface area contributed by atoms with Crippen LogP contribution in [0.25, 0.3) is 11.0 Å². The number of halogens is 3. The predicted molar refractivity (Wildman–Crippen MR) is 134 cm³/mol. The van der Waals surface area contributed by atoms with Crippen molar-refractivity contribution < 1.29 is 27.1 Å². The Morgan fingerprint density at radius 2 is 1.80 bits per heavy atom. The molecule has 1 saturated heterocycles. The lowest BCUT2D eigenvalue weighted by Gasteiger charge is -2.30. The Labute approximate surface area is 204 Å². The van der Waals surface area contributed by atoms with Crippen molar-refractivity contribution in [2.24, 2.45) is 0 Å². The second-order valence-corrected chi connectivity index (χ2v) is 7.93. The van der Waals surface area contributed by atoms with Gasteiger partial charge in [0.2, 0.25) is 6.41 Å². The van der Waals surface area contributed by atoms with E-state index >= 15 is 0 Å². The molecule has 192 valence electrons. The highest BCUT2D eigenvalue weighted by atomic mass is 19.4. The highest BCUT2D eigenvalue weighted by Gasteiger charge is 2.35. The molecule has 1 aromatic heterocycles. The molecule has 0 bridgehead atoms. The molecule has 1 amide bonds. The first-order valence-electron chi connectivity index (χ1n) is 11.6. The molecule has 2 heterocycles. The zero-order valence-corrected chi connectivity index (χ0v) is 20.8. The molecule has 6 nitrogen and oxygen atoms in total. The van der Waals surface area contributed by atoms with Gasteiger partial charge in [0.15, 0.2) is 5.58 Å². The Hall–Kier alpha value is -3.20. The molecule has 3 aromatic rings. The standard InChI is InChI=1S/C14H17F3N2O2.C10H11NO.C2H6/c1-19-6-4-11(5-7-19)21-13-3-2-10(18-9-20)8-12(13)14(15,16)17;1-7-3-4-9(11-2)10-8(7)5-6-12-10;1-2/h2-3,8-9,11H,4-7H2,1H3,(H,18,20);3-6,11H,1-2H3;1-2H3. The molecule has 0 spiro atoms. The SMILES string of the molecule is CC.CN1CCC(Oc2ccc(NC=O)cc2C(F)(F)F)CC1.CNc1ccc(C)c2ccoc12. The molecule has 1 fully saturated rings. The van der Waals surface area contributed by atoms with Crippen molar-refractivity contribution in [3.05, 3.63) is 53.8 Å². The average molecular weight is 494 g/mol. The highest BCUT2D eigenvalue weighted by molar-refractivity contribution is 5.91. The second-order valence-electron chi connectivity index (χ2n) is 7.93. The van der Waals surface area contributed by atoms with Crippen LogP contribution in [-0.2, 0) is 11.0 Å². The largest absolute Gasteiger partial charge is 0.490 e. The Morgan fingerprint density at radius 1 is 1.11 bits per heavy atom. The Balaban J connectivity index is 0.000000260. The number of piperidine rings is 1. The van der Waals surface area contributed by atoms with E-state index in [-0.39, 0.29) is 17.5 Å². The first kappa shape index (κ1) is 28.0. The third-order valence-corrected chi connectivity index (χ3v) is 5.57. The highest BCUT2D eigenvalue weighted by Crippen LogP contribution is 2.38. The minimum atomic E-state index is -4.53. The number of benzene rings is 2. The molecule has 2 N–H and O–H groups in total. The van der Waals surface area contributed by atoms with Gasteiger partial charge >= 0.3 is 6.18 Å². The Bertz CT molecular complexity index is 1070. The van der Waals surface area contributed by atoms with Gasteiger partial charge in [-0.25, -0.2) is 0 Å². The average Bonchev–Trinajstić information content (AvgIpc) is 3.34. The van der Waals surface area contributed by atoms with Crippen molar-refractivity contribution in [3.63, 3.8) is 0 Å². The third-order valence-electron chi connectivity index (χ3n) is 5.57. The summed E-state index contributed by atoms with van der Waals surface area (Å²) in [5.74, 6) is -0.187. The molecule has 35 heavy (non-hydrogen) atoms. The van der Waals surface area contributed by atoms with E-state index in [1.54, 1.807) is 6.26 Å². The van der Waals surface area contributed by atoms with E-state index in [1.165, 1.54) is 23.1 Å². The summed E-state index contributed by atoms with van der Waals surface area (Å²) in [5, 5.41) is 6.49. The van der Waals surface area contributed by atoms with E-state index in [0.29, 0.717) is 19.3 Å². The van der Waals surface area contributed by atoms with Crippen molar-refractivity contribution in [3.8, 4) is 5.75 Å². The van der Waals surface area contributed by atoms with E-state index < -0.39 is 11.7 Å². The summed E-state index contributed by atoms with van der Waals surface area (Å²) >= 11 is 0. The van der Waals surface area contributed by atoms with E-state index in [4.69, 9.17) is 9.15 Å². The van der Waals surface area contributed by atoms with Gasteiger partial charge in [-0.15, -0.1) is 0 Å². The number of nitrogens with zero attached hydrogens (tertiary/aromatic N) is 1. The summed E-state index contributed by atoms with van der Waals surface area (Å²) < 4.78 is 50.1. The number of hydrogen-bond donors (Lipinski definition) is 2. The van der Waals surface area contributed by atoms with Crippen molar-refractivity contribution in [1.82, 2.24) is 4.90 Å². The van der Waals surface area contributed by atoms with Gasteiger partial charge in [-0.3, -0.25) is 4.79 Å². The zero-order chi connectivity index (χ0) is 26.0. The van der Waals surface area contributed by atoms with Crippen molar-refractivity contribution >= 4 is 28.8 Å². The number of rotatable bonds is 5. The Morgan fingerprint density at radius 3 is 2.40 bits per heavy atom. The van der Waals surface area contributed by atoms with E-state index in [1.807, 2.05) is 40.1 Å². The third kappa shape index (κ3) is 7.65. The first-order valence-corrected chi connectivity index (χ1v) is 11.6. The van der Waals surface area contributed by atoms with Crippen LogP contribution in [0.1, 0.15) is 37.8 Å². The number of ether oxygens (including phenoxy) is 1. The second kappa shape index (κ2) is 13.0. The summed E-state index contributed by atoms with van der Waals surface area (Å²) in [7, 11) is 3.86. The molecular weight excluding hydrogens is 459 g/mol. The van der Waals surface area contributed by atoms with E-state index in [2.05, 4.69) is 28.5 Å². The lowest BCUT2D eigenvalue weighted by atomic mass is 10.1. The monoisotopic (exact) mass is 493 g/mol. The van der Waals surface area contributed by atoms with Crippen molar-refractivity contribution in [2.45, 2.75) is 45.9 Å². The van der Waals surface area contributed by atoms with Gasteiger partial charge < -0.3 is 24.7 Å². The molecule has 2 aromatic carbocycles. The number of alkyl halides is 3. The number of amides is 1. The van der Waals surface area contributed by atoms with Crippen LogP contribution in [0.2, 0.25) is 0 Å². The molecular formula is C26H34F3N3O3. The van der Waals surface area contributed by atoms with Crippen LogP contribution in [-0.4, -0.2) is 44.6 Å². The molecule has 0 radical (unpaired) electrons. The maximum absolute atomic E-state index is 13.1. The fourth-order valence-electron chi connectivity index (χ4n) is 3.69. The molecule has 0 saturated carbocycles. The number of anilines is 2. The minimum Gasteiger partial charge on any atom is -0.490 e. The number of aryl methyl sites for hydroxylation is 1. The summed E-state index contributed by atoms with van der Waals surface area (Å²) in [6.45, 7) is 7.69. The van der Waals surface area contributed by atoms with Crippen molar-refractivity contribution in [2.75, 3.05) is 37.8 Å². The lowest BCUT2D eigenvalue weighted by molar-refractivity contribution is -0.139. The lowest BCUT2D eigenvalue weighted by Crippen LogP contribution is -2.36. The topological polar surface area (TPSA) is 66.7 Å². The number of hydrogen-bond acceptors (Lipinski definition) is 5. The Kier molecular flexibility index (Phi) is 10.4. The molecule has 1 aliphatic heterocycles. The van der Waals surface area contributed by atoms with Crippen LogP contribution in [0.5, 0.6) is 5.75 Å². The summed E-state index contributed by atoms with van der Waals surface area (Å²) in [6.07, 6.45) is -1.29. The van der Waals surface area contributed by atoms with Crippen LogP contribution < -0.4 is 15.4 Å². The summed E-state index contributed by atoms with van der Waals surface area (Å²) in [4.78, 5) is 12.5. The first-order chi connectivity index (χ1) is 16.7. The number of likely N-dealkylation sites (tertiary alicyclic amines) is 1. The quantitative estimate of drug-likeness (QED) is 0.394. The number of nitrogens with one attached hydrogen (secondary N) is 2. The van der Waals surface area contributed by atoms with Gasteiger partial charge in [0.05, 0.1) is 17.5 Å². The van der Waals surface area contributed by atoms with E-state index in [9.17, 15) is 18.0 Å². The van der Waals surface area contributed by atoms with Gasteiger partial charge in [0.1, 0.15) is 11.9 Å². The fraction of sp³-hybridized carbons (Fsp3) is 0.423. The number of carbonyl (C=O) groups excluding carboxylic acids is 1. The molecule has 0 aliphatic carbocycles. The number of fused-ring (bicyclic) bond motifs is 1.